The van der Waals surface area contributed by atoms with Crippen LogP contribution >= 0.6 is 0 Å². The van der Waals surface area contributed by atoms with E-state index < -0.39 is 17.7 Å². The SMILES string of the molecule is C[Se]CCCCCCCCCCOCC(O)COC(=O)C1(C)CCc2c(C)c(O)c(C)c(C)c2O1. The van der Waals surface area contributed by atoms with E-state index in [0.717, 1.165) is 50.1 Å². The Morgan fingerprint density at radius 2 is 1.63 bits per heavy atom. The van der Waals surface area contributed by atoms with E-state index in [1.54, 1.807) is 6.92 Å². The number of hydrogen-bond donors (Lipinski definition) is 2. The molecule has 0 saturated heterocycles. The predicted octanol–water partition coefficient (Wildman–Crippen LogP) is 5.61. The normalized spacial score (nSPS) is 18.1. The van der Waals surface area contributed by atoms with Crippen molar-refractivity contribution in [2.24, 2.45) is 0 Å². The van der Waals surface area contributed by atoms with Crippen molar-refractivity contribution in [2.45, 2.75) is 115 Å². The van der Waals surface area contributed by atoms with E-state index in [-0.39, 0.29) is 19.0 Å². The molecule has 6 nitrogen and oxygen atoms in total. The fourth-order valence-corrected chi connectivity index (χ4v) is 5.53. The van der Waals surface area contributed by atoms with Crippen molar-refractivity contribution < 1.29 is 29.2 Å². The van der Waals surface area contributed by atoms with Gasteiger partial charge in [0.2, 0.25) is 5.60 Å². The summed E-state index contributed by atoms with van der Waals surface area (Å²) >= 11 is 0.828. The van der Waals surface area contributed by atoms with Crippen LogP contribution in [0.15, 0.2) is 0 Å². The van der Waals surface area contributed by atoms with Gasteiger partial charge in [0.1, 0.15) is 24.2 Å². The Morgan fingerprint density at radius 1 is 1.00 bits per heavy atom. The van der Waals surface area contributed by atoms with Crippen LogP contribution in [0.3, 0.4) is 0 Å². The average molecular weight is 558 g/mol. The molecule has 35 heavy (non-hydrogen) atoms. The minimum Gasteiger partial charge on any atom is -0.507 e. The molecule has 1 heterocycles. The molecule has 0 amide bonds. The van der Waals surface area contributed by atoms with Crippen LogP contribution in [0.25, 0.3) is 0 Å². The molecular formula is C28H46O6Se. The summed E-state index contributed by atoms with van der Waals surface area (Å²) in [6, 6.07) is 0. The summed E-state index contributed by atoms with van der Waals surface area (Å²) in [5, 5.41) is 21.9. The van der Waals surface area contributed by atoms with Crippen molar-refractivity contribution in [3.63, 3.8) is 0 Å². The van der Waals surface area contributed by atoms with Crippen molar-refractivity contribution in [1.82, 2.24) is 0 Å². The van der Waals surface area contributed by atoms with Crippen molar-refractivity contribution in [2.75, 3.05) is 19.8 Å². The smallest absolute Gasteiger partial charge is 0.507 e. The summed E-state index contributed by atoms with van der Waals surface area (Å²) in [6.45, 7) is 7.99. The topological polar surface area (TPSA) is 85.2 Å². The number of phenols is 1. The molecule has 2 unspecified atom stereocenters. The van der Waals surface area contributed by atoms with Gasteiger partial charge in [0.25, 0.3) is 0 Å². The van der Waals surface area contributed by atoms with E-state index in [1.807, 2.05) is 20.8 Å². The molecule has 0 fully saturated rings. The van der Waals surface area contributed by atoms with Gasteiger partial charge in [-0.05, 0) is 50.8 Å². The number of carbonyl (C=O) groups is 1. The first-order valence-corrected chi connectivity index (χ1v) is 16.1. The molecule has 2 N–H and O–H groups in total. The Balaban J connectivity index is 1.63. The molecule has 0 bridgehead atoms. The molecular weight excluding hydrogens is 511 g/mol. The number of unbranched alkanes of at least 4 members (excludes halogenated alkanes) is 7. The van der Waals surface area contributed by atoms with Crippen LogP contribution in [-0.2, 0) is 20.7 Å². The molecule has 0 saturated carbocycles. The quantitative estimate of drug-likeness (QED) is 0.156. The minimum atomic E-state index is -1.12. The summed E-state index contributed by atoms with van der Waals surface area (Å²) in [4.78, 5) is 12.8. The predicted molar refractivity (Wildman–Crippen MR) is 141 cm³/mol. The number of rotatable bonds is 16. The van der Waals surface area contributed by atoms with Gasteiger partial charge in [-0.15, -0.1) is 0 Å². The van der Waals surface area contributed by atoms with Crippen LogP contribution in [0.1, 0.15) is 87.0 Å². The molecule has 0 aliphatic carbocycles. The van der Waals surface area contributed by atoms with Crippen LogP contribution in [-0.4, -0.2) is 62.7 Å². The molecule has 7 heteroatoms. The number of ether oxygens (including phenoxy) is 3. The summed E-state index contributed by atoms with van der Waals surface area (Å²) in [6.07, 6.45) is 10.3. The summed E-state index contributed by atoms with van der Waals surface area (Å²) in [5.41, 5.74) is 2.22. The zero-order valence-corrected chi connectivity index (χ0v) is 24.1. The molecule has 1 aliphatic heterocycles. The third kappa shape index (κ3) is 8.96. The zero-order valence-electron chi connectivity index (χ0n) is 22.4. The number of esters is 1. The van der Waals surface area contributed by atoms with Gasteiger partial charge in [0.15, 0.2) is 0 Å². The van der Waals surface area contributed by atoms with Crippen molar-refractivity contribution >= 4 is 20.9 Å². The van der Waals surface area contributed by atoms with E-state index in [2.05, 4.69) is 5.82 Å². The fraction of sp³-hybridized carbons (Fsp3) is 0.750. The second kappa shape index (κ2) is 15.1. The number of benzene rings is 1. The molecule has 2 rings (SSSR count). The molecule has 0 radical (unpaired) electrons. The van der Waals surface area contributed by atoms with E-state index >= 15 is 0 Å². The van der Waals surface area contributed by atoms with Gasteiger partial charge in [-0.2, -0.15) is 0 Å². The first-order chi connectivity index (χ1) is 16.7. The average Bonchev–Trinajstić information content (AvgIpc) is 2.85. The molecule has 1 aromatic rings. The third-order valence-electron chi connectivity index (χ3n) is 7.06. The van der Waals surface area contributed by atoms with Crippen LogP contribution < -0.4 is 4.74 Å². The molecule has 1 aliphatic rings. The van der Waals surface area contributed by atoms with Gasteiger partial charge >= 0.3 is 101 Å². The Morgan fingerprint density at radius 3 is 2.29 bits per heavy atom. The van der Waals surface area contributed by atoms with Gasteiger partial charge in [-0.25, -0.2) is 4.79 Å². The standard InChI is InChI=1S/C28H46O6Se/c1-20-21(2)26-24(22(3)25(20)30)14-15-28(4,34-26)27(31)33-19-23(29)18-32-16-12-10-8-6-7-9-11-13-17-35-5/h23,29-30H,6-19H2,1-5H3. The first-order valence-electron chi connectivity index (χ1n) is 13.1. The third-order valence-corrected chi connectivity index (χ3v) is 8.52. The molecule has 0 aromatic heterocycles. The Bertz CT molecular complexity index is 811. The van der Waals surface area contributed by atoms with Gasteiger partial charge in [0, 0.05) is 12.0 Å². The number of carbonyl (C=O) groups excluding carboxylic acids is 1. The molecule has 2 atom stereocenters. The van der Waals surface area contributed by atoms with Gasteiger partial charge in [-0.3, -0.25) is 0 Å². The van der Waals surface area contributed by atoms with Gasteiger partial charge in [0.05, 0.1) is 0 Å². The van der Waals surface area contributed by atoms with Crippen molar-refractivity contribution in [3.8, 4) is 11.5 Å². The van der Waals surface area contributed by atoms with E-state index in [0.29, 0.717) is 25.2 Å². The van der Waals surface area contributed by atoms with Gasteiger partial charge in [-0.1, -0.05) is 0 Å². The summed E-state index contributed by atoms with van der Waals surface area (Å²) < 4.78 is 17.1. The Kier molecular flexibility index (Phi) is 12.9. The van der Waals surface area contributed by atoms with E-state index in [9.17, 15) is 15.0 Å². The van der Waals surface area contributed by atoms with Crippen LogP contribution in [0.2, 0.25) is 11.1 Å². The van der Waals surface area contributed by atoms with Gasteiger partial charge < -0.3 is 19.7 Å². The Labute approximate surface area is 218 Å². The molecule has 200 valence electrons. The zero-order chi connectivity index (χ0) is 25.8. The number of fused-ring (bicyclic) bond motifs is 1. The van der Waals surface area contributed by atoms with Crippen LogP contribution in [0, 0.1) is 20.8 Å². The molecule has 1 aromatic carbocycles. The van der Waals surface area contributed by atoms with Crippen molar-refractivity contribution in [1.29, 1.82) is 0 Å². The van der Waals surface area contributed by atoms with E-state index in [1.165, 1.54) is 43.8 Å². The maximum atomic E-state index is 12.8. The second-order valence-corrected chi connectivity index (χ2v) is 12.1. The fourth-order valence-electron chi connectivity index (χ4n) is 4.49. The monoisotopic (exact) mass is 558 g/mol. The van der Waals surface area contributed by atoms with E-state index in [4.69, 9.17) is 14.2 Å². The van der Waals surface area contributed by atoms with Crippen LogP contribution in [0.4, 0.5) is 0 Å². The number of aromatic hydroxyl groups is 1. The summed E-state index contributed by atoms with van der Waals surface area (Å²) in [7, 11) is 0. The number of hydrogen-bond acceptors (Lipinski definition) is 6. The number of aliphatic hydroxyl groups excluding tert-OH is 1. The Hall–Kier alpha value is -1.27. The minimum absolute atomic E-state index is 0.115. The summed E-state index contributed by atoms with van der Waals surface area (Å²) in [5.74, 6) is 2.77. The maximum absolute atomic E-state index is 12.8. The van der Waals surface area contributed by atoms with Crippen LogP contribution in [0.5, 0.6) is 11.5 Å². The molecule has 0 spiro atoms. The number of aliphatic hydroxyl groups is 1. The second-order valence-electron chi connectivity index (χ2n) is 10.0. The first kappa shape index (κ1) is 30.0. The number of phenolic OH excluding ortho intramolecular Hbond substituents is 1. The van der Waals surface area contributed by atoms with Crippen molar-refractivity contribution in [3.05, 3.63) is 22.3 Å².